The zero-order valence-corrected chi connectivity index (χ0v) is 25.9. The van der Waals surface area contributed by atoms with E-state index in [2.05, 4.69) is 159 Å². The van der Waals surface area contributed by atoms with Crippen molar-refractivity contribution < 1.29 is 4.43 Å². The third-order valence-corrected chi connectivity index (χ3v) is 13.7. The minimum atomic E-state index is -2.72. The third kappa shape index (κ3) is 4.95. The molecule has 0 saturated carbocycles. The van der Waals surface area contributed by atoms with Gasteiger partial charge in [-0.25, -0.2) is 0 Å². The van der Waals surface area contributed by atoms with Crippen LogP contribution in [0, 0.1) is 0 Å². The standard InChI is InChI=1S/C41H38OSi/c1-41(33-18-12-13-19-33,40-28-15-27-38-37-26-14-11-17-32(37)31-39(38)40)29-16-30-42-43(34-20-5-2-6-21-34,35-22-7-3-8-23-35)36-24-9-4-10-25-36/h2-15,17-18,20-28H,16,19,29-31H2,1H3. The molecule has 0 heterocycles. The molecule has 0 N–H and O–H groups in total. The molecule has 7 rings (SSSR count). The van der Waals surface area contributed by atoms with Gasteiger partial charge in [-0.05, 0) is 69.1 Å². The van der Waals surface area contributed by atoms with Gasteiger partial charge in [0.1, 0.15) is 0 Å². The van der Waals surface area contributed by atoms with Crippen molar-refractivity contribution >= 4 is 23.9 Å². The maximum absolute atomic E-state index is 7.33. The molecule has 0 aromatic heterocycles. The first-order chi connectivity index (χ1) is 21.2. The van der Waals surface area contributed by atoms with E-state index < -0.39 is 8.32 Å². The van der Waals surface area contributed by atoms with Crippen LogP contribution < -0.4 is 15.6 Å². The largest absolute Gasteiger partial charge is 0.404 e. The fraction of sp³-hybridized carbons (Fsp3) is 0.171. The van der Waals surface area contributed by atoms with Gasteiger partial charge in [-0.2, -0.15) is 0 Å². The zero-order chi connectivity index (χ0) is 29.1. The summed E-state index contributed by atoms with van der Waals surface area (Å²) in [5.41, 5.74) is 8.68. The molecule has 0 bridgehead atoms. The van der Waals surface area contributed by atoms with Crippen molar-refractivity contribution in [3.63, 3.8) is 0 Å². The molecule has 2 aliphatic carbocycles. The van der Waals surface area contributed by atoms with Crippen molar-refractivity contribution in [3.05, 3.63) is 174 Å². The van der Waals surface area contributed by atoms with Crippen LogP contribution in [0.4, 0.5) is 0 Å². The van der Waals surface area contributed by atoms with E-state index in [4.69, 9.17) is 4.43 Å². The maximum Gasteiger partial charge on any atom is 0.288 e. The minimum absolute atomic E-state index is 0.0588. The average Bonchev–Trinajstić information content (AvgIpc) is 3.75. The van der Waals surface area contributed by atoms with E-state index in [-0.39, 0.29) is 5.41 Å². The molecule has 0 amide bonds. The molecule has 2 heteroatoms. The molecule has 43 heavy (non-hydrogen) atoms. The molecule has 2 aliphatic rings. The van der Waals surface area contributed by atoms with E-state index in [1.165, 1.54) is 49.0 Å². The molecular formula is C41H38OSi. The summed E-state index contributed by atoms with van der Waals surface area (Å²) in [6, 6.07) is 48.7. The van der Waals surface area contributed by atoms with Gasteiger partial charge in [0.15, 0.2) is 0 Å². The Kier molecular flexibility index (Phi) is 7.57. The zero-order valence-electron chi connectivity index (χ0n) is 24.9. The summed E-state index contributed by atoms with van der Waals surface area (Å²) < 4.78 is 7.33. The topological polar surface area (TPSA) is 9.23 Å². The molecule has 1 nitrogen and oxygen atoms in total. The first-order valence-electron chi connectivity index (χ1n) is 15.6. The highest BCUT2D eigenvalue weighted by Crippen LogP contribution is 2.47. The Balaban J connectivity index is 1.22. The van der Waals surface area contributed by atoms with Gasteiger partial charge >= 0.3 is 0 Å². The molecule has 0 fully saturated rings. The van der Waals surface area contributed by atoms with Crippen LogP contribution in [0.1, 0.15) is 42.9 Å². The lowest BCUT2D eigenvalue weighted by Crippen LogP contribution is -2.69. The highest BCUT2D eigenvalue weighted by Gasteiger charge is 2.42. The molecule has 1 unspecified atom stereocenters. The summed E-state index contributed by atoms with van der Waals surface area (Å²) in [4.78, 5) is 0. The Morgan fingerprint density at radius 3 is 1.84 bits per heavy atom. The molecule has 1 atom stereocenters. The number of hydrogen-bond donors (Lipinski definition) is 0. The highest BCUT2D eigenvalue weighted by atomic mass is 28.4. The van der Waals surface area contributed by atoms with Crippen molar-refractivity contribution in [2.24, 2.45) is 0 Å². The molecule has 212 valence electrons. The van der Waals surface area contributed by atoms with Crippen LogP contribution in [0.15, 0.2) is 157 Å². The fourth-order valence-electron chi connectivity index (χ4n) is 7.42. The Morgan fingerprint density at radius 1 is 0.651 bits per heavy atom. The summed E-state index contributed by atoms with van der Waals surface area (Å²) in [6.07, 6.45) is 11.0. The summed E-state index contributed by atoms with van der Waals surface area (Å²) in [7, 11) is -2.72. The van der Waals surface area contributed by atoms with Crippen LogP contribution in [0.2, 0.25) is 0 Å². The van der Waals surface area contributed by atoms with E-state index >= 15 is 0 Å². The highest BCUT2D eigenvalue weighted by molar-refractivity contribution is 7.07. The van der Waals surface area contributed by atoms with Gasteiger partial charge in [-0.1, -0.05) is 164 Å². The van der Waals surface area contributed by atoms with E-state index in [9.17, 15) is 0 Å². The van der Waals surface area contributed by atoms with E-state index in [1.54, 1.807) is 0 Å². The number of benzene rings is 5. The van der Waals surface area contributed by atoms with E-state index in [0.29, 0.717) is 6.61 Å². The molecule has 0 saturated heterocycles. The van der Waals surface area contributed by atoms with Crippen LogP contribution >= 0.6 is 0 Å². The van der Waals surface area contributed by atoms with Crippen LogP contribution in [-0.2, 0) is 16.3 Å². The van der Waals surface area contributed by atoms with Crippen LogP contribution in [-0.4, -0.2) is 14.9 Å². The second-order valence-corrected chi connectivity index (χ2v) is 15.4. The van der Waals surface area contributed by atoms with Gasteiger partial charge < -0.3 is 4.43 Å². The van der Waals surface area contributed by atoms with Crippen molar-refractivity contribution in [2.75, 3.05) is 6.61 Å². The SMILES string of the molecule is CC(CCCO[Si](c1ccccc1)(c1ccccc1)c1ccccc1)(C1=CC=CC1)c1cccc2c1Cc1ccccc1-2. The lowest BCUT2D eigenvalue weighted by atomic mass is 9.70. The van der Waals surface area contributed by atoms with Crippen molar-refractivity contribution in [1.29, 1.82) is 0 Å². The molecule has 5 aromatic carbocycles. The van der Waals surface area contributed by atoms with Crippen LogP contribution in [0.25, 0.3) is 11.1 Å². The molecule has 0 radical (unpaired) electrons. The quantitative estimate of drug-likeness (QED) is 0.0919. The lowest BCUT2D eigenvalue weighted by molar-refractivity contribution is 0.295. The average molecular weight is 575 g/mol. The second kappa shape index (κ2) is 11.8. The Labute approximate surface area is 257 Å². The summed E-state index contributed by atoms with van der Waals surface area (Å²) in [5.74, 6) is 0. The third-order valence-electron chi connectivity index (χ3n) is 9.61. The van der Waals surface area contributed by atoms with Gasteiger partial charge in [0.25, 0.3) is 8.32 Å². The van der Waals surface area contributed by atoms with Gasteiger partial charge in [0, 0.05) is 12.0 Å². The Bertz CT molecular complexity index is 1670. The number of rotatable bonds is 10. The van der Waals surface area contributed by atoms with Crippen LogP contribution in [0.5, 0.6) is 0 Å². The molecule has 0 aliphatic heterocycles. The van der Waals surface area contributed by atoms with Gasteiger partial charge in [-0.3, -0.25) is 0 Å². The summed E-state index contributed by atoms with van der Waals surface area (Å²) in [6.45, 7) is 3.18. The number of hydrogen-bond acceptors (Lipinski definition) is 1. The summed E-state index contributed by atoms with van der Waals surface area (Å²) >= 11 is 0. The normalized spacial score (nSPS) is 15.0. The Hall–Kier alpha value is -4.24. The Morgan fingerprint density at radius 2 is 1.23 bits per heavy atom. The molecule has 0 spiro atoms. The van der Waals surface area contributed by atoms with E-state index in [1.807, 2.05) is 0 Å². The lowest BCUT2D eigenvalue weighted by Gasteiger charge is -2.36. The van der Waals surface area contributed by atoms with Gasteiger partial charge in [0.2, 0.25) is 0 Å². The van der Waals surface area contributed by atoms with E-state index in [0.717, 1.165) is 25.7 Å². The molecule has 5 aromatic rings. The monoisotopic (exact) mass is 574 g/mol. The second-order valence-electron chi connectivity index (χ2n) is 12.1. The first kappa shape index (κ1) is 27.6. The summed E-state index contributed by atoms with van der Waals surface area (Å²) in [5, 5.41) is 3.87. The van der Waals surface area contributed by atoms with Crippen LogP contribution in [0.3, 0.4) is 0 Å². The van der Waals surface area contributed by atoms with Gasteiger partial charge in [0.05, 0.1) is 0 Å². The van der Waals surface area contributed by atoms with Crippen molar-refractivity contribution in [2.45, 2.75) is 38.0 Å². The van der Waals surface area contributed by atoms with Gasteiger partial charge in [-0.15, -0.1) is 0 Å². The number of allylic oxidation sites excluding steroid dienone is 4. The number of fused-ring (bicyclic) bond motifs is 3. The predicted molar refractivity (Wildman–Crippen MR) is 183 cm³/mol. The maximum atomic E-state index is 7.33. The van der Waals surface area contributed by atoms with Crippen molar-refractivity contribution in [3.8, 4) is 11.1 Å². The van der Waals surface area contributed by atoms with Crippen molar-refractivity contribution in [1.82, 2.24) is 0 Å². The minimum Gasteiger partial charge on any atom is -0.404 e. The fourth-order valence-corrected chi connectivity index (χ4v) is 11.4. The first-order valence-corrected chi connectivity index (χ1v) is 17.5. The molecular weight excluding hydrogens is 537 g/mol. The smallest absolute Gasteiger partial charge is 0.288 e. The predicted octanol–water partition coefficient (Wildman–Crippen LogP) is 7.87.